The molecule has 3 rings (SSSR count). The molecule has 12 heteroatoms. The predicted molar refractivity (Wildman–Crippen MR) is 120 cm³/mol. The molecule has 0 unspecified atom stereocenters. The van der Waals surface area contributed by atoms with Gasteiger partial charge in [-0.2, -0.15) is 17.5 Å². The molecule has 2 aromatic rings. The molecule has 2 aromatic heterocycles. The summed E-state index contributed by atoms with van der Waals surface area (Å²) in [7, 11) is -3.86. The summed E-state index contributed by atoms with van der Waals surface area (Å²) in [5.74, 6) is 10.1. The number of nitrogen functional groups attached to an aromatic ring is 1. The van der Waals surface area contributed by atoms with Crippen molar-refractivity contribution in [2.24, 2.45) is 0 Å². The Labute approximate surface area is 195 Å². The molecule has 0 aliphatic carbocycles. The second kappa shape index (κ2) is 9.50. The largest absolute Gasteiger partial charge is 0.433 e. The van der Waals surface area contributed by atoms with Crippen LogP contribution in [0.3, 0.4) is 0 Å². The normalized spacial score (nSPS) is 18.8. The number of anilines is 2. The first-order valence-corrected chi connectivity index (χ1v) is 11.5. The second-order valence-electron chi connectivity index (χ2n) is 7.37. The summed E-state index contributed by atoms with van der Waals surface area (Å²) in [4.78, 5) is 9.61. The molecule has 0 spiro atoms. The van der Waals surface area contributed by atoms with Crippen molar-refractivity contribution in [2.45, 2.75) is 36.6 Å². The minimum Gasteiger partial charge on any atom is -0.384 e. The van der Waals surface area contributed by atoms with Gasteiger partial charge in [0.1, 0.15) is 22.6 Å². The van der Waals surface area contributed by atoms with Crippen LogP contribution in [0.5, 0.6) is 0 Å². The maximum absolute atomic E-state index is 13.4. The number of nitrogens with two attached hydrogens (primary N) is 1. The van der Waals surface area contributed by atoms with E-state index in [1.165, 1.54) is 35.6 Å². The van der Waals surface area contributed by atoms with Crippen molar-refractivity contribution in [2.75, 3.05) is 30.3 Å². The van der Waals surface area contributed by atoms with E-state index in [1.807, 2.05) is 0 Å². The van der Waals surface area contributed by atoms with Gasteiger partial charge in [-0.25, -0.2) is 18.4 Å². The van der Waals surface area contributed by atoms with E-state index in [4.69, 9.17) is 5.73 Å². The zero-order valence-electron chi connectivity index (χ0n) is 18.3. The van der Waals surface area contributed by atoms with Gasteiger partial charge >= 0.3 is 6.18 Å². The van der Waals surface area contributed by atoms with Crippen LogP contribution in [0.2, 0.25) is 0 Å². The molecule has 180 valence electrons. The number of hydrogen-bond donors (Lipinski definition) is 2. The number of sulfonamides is 1. The Morgan fingerprint density at radius 3 is 2.35 bits per heavy atom. The number of alkyl halides is 3. The molecule has 0 bridgehead atoms. The Balaban J connectivity index is 1.88. The molecule has 0 radical (unpaired) electrons. The van der Waals surface area contributed by atoms with Gasteiger partial charge in [0, 0.05) is 37.6 Å². The van der Waals surface area contributed by atoms with Gasteiger partial charge in [0.25, 0.3) is 0 Å². The molecule has 1 aliphatic rings. The van der Waals surface area contributed by atoms with Gasteiger partial charge in [-0.3, -0.25) is 0 Å². The number of pyridine rings is 2. The summed E-state index contributed by atoms with van der Waals surface area (Å²) in [6.45, 7) is 3.07. The number of hydrogen-bond acceptors (Lipinski definition) is 7. The molecule has 3 N–H and O–H groups in total. The van der Waals surface area contributed by atoms with Crippen LogP contribution in [0.25, 0.3) is 0 Å². The number of halogens is 3. The van der Waals surface area contributed by atoms with Crippen LogP contribution in [-0.4, -0.2) is 59.6 Å². The molecule has 1 saturated heterocycles. The third-order valence-corrected chi connectivity index (χ3v) is 7.08. The van der Waals surface area contributed by atoms with Crippen molar-refractivity contribution in [3.63, 3.8) is 0 Å². The minimum absolute atomic E-state index is 0.00474. The molecule has 0 amide bonds. The maximum Gasteiger partial charge on any atom is 0.433 e. The SMILES string of the molecule is CC#C[C@H]1CN(S(=O)(=O)c2ccc(N)nc2)CCN1c1ccc([C@@](O)(C#CC)C(F)(F)F)cn1. The van der Waals surface area contributed by atoms with Crippen molar-refractivity contribution >= 4 is 21.7 Å². The highest BCUT2D eigenvalue weighted by Crippen LogP contribution is 2.38. The van der Waals surface area contributed by atoms with Gasteiger partial charge in [0.2, 0.25) is 15.6 Å². The van der Waals surface area contributed by atoms with Crippen LogP contribution < -0.4 is 10.6 Å². The third-order valence-electron chi connectivity index (χ3n) is 5.23. The van der Waals surface area contributed by atoms with Crippen molar-refractivity contribution < 1.29 is 26.7 Å². The standard InChI is InChI=1S/C22H22F3N5O3S/c1-3-5-17-15-29(34(32,33)18-7-8-19(26)27-14-18)11-12-30(17)20-9-6-16(13-28-20)21(31,10-4-2)22(23,24)25/h6-9,13-14,17,31H,11-12,15H2,1-2H3,(H2,26,27)/t17-,21-/m0/s1. The van der Waals surface area contributed by atoms with Crippen LogP contribution in [0.4, 0.5) is 24.8 Å². The van der Waals surface area contributed by atoms with E-state index in [0.29, 0.717) is 0 Å². The van der Waals surface area contributed by atoms with Gasteiger partial charge in [0.05, 0.1) is 0 Å². The van der Waals surface area contributed by atoms with E-state index in [-0.39, 0.29) is 36.2 Å². The molecular formula is C22H22F3N5O3S. The topological polar surface area (TPSA) is 113 Å². The first-order valence-electron chi connectivity index (χ1n) is 10.0. The monoisotopic (exact) mass is 493 g/mol. The first kappa shape index (κ1) is 25.3. The number of piperazine rings is 1. The minimum atomic E-state index is -5.02. The Bertz CT molecular complexity index is 1260. The summed E-state index contributed by atoms with van der Waals surface area (Å²) in [6.07, 6.45) is -2.93. The van der Waals surface area contributed by atoms with Crippen molar-refractivity contribution in [1.29, 1.82) is 0 Å². The molecule has 1 fully saturated rings. The predicted octanol–water partition coefficient (Wildman–Crippen LogP) is 1.73. The second-order valence-corrected chi connectivity index (χ2v) is 9.31. The summed E-state index contributed by atoms with van der Waals surface area (Å²) >= 11 is 0. The number of rotatable bonds is 4. The number of aromatic nitrogens is 2. The molecule has 0 saturated carbocycles. The molecule has 8 nitrogen and oxygen atoms in total. The molecule has 34 heavy (non-hydrogen) atoms. The third kappa shape index (κ3) is 4.80. The Kier molecular flexibility index (Phi) is 7.07. The van der Waals surface area contributed by atoms with Gasteiger partial charge in [-0.05, 0) is 38.1 Å². The summed E-state index contributed by atoms with van der Waals surface area (Å²) < 4.78 is 67.6. The number of nitrogens with zero attached hydrogens (tertiary/aromatic N) is 4. The van der Waals surface area contributed by atoms with Crippen LogP contribution >= 0.6 is 0 Å². The van der Waals surface area contributed by atoms with Gasteiger partial charge in [-0.1, -0.05) is 11.8 Å². The zero-order chi connectivity index (χ0) is 25.1. The molecule has 3 heterocycles. The van der Waals surface area contributed by atoms with E-state index in [0.717, 1.165) is 12.3 Å². The fourth-order valence-electron chi connectivity index (χ4n) is 3.49. The van der Waals surface area contributed by atoms with Crippen LogP contribution in [0.1, 0.15) is 19.4 Å². The molecular weight excluding hydrogens is 471 g/mol. The maximum atomic E-state index is 13.4. The highest BCUT2D eigenvalue weighted by molar-refractivity contribution is 7.89. The van der Waals surface area contributed by atoms with E-state index in [9.17, 15) is 26.7 Å². The highest BCUT2D eigenvalue weighted by atomic mass is 32.2. The molecule has 1 aliphatic heterocycles. The fraction of sp³-hybridized carbons (Fsp3) is 0.364. The van der Waals surface area contributed by atoms with E-state index in [2.05, 4.69) is 27.7 Å². The Morgan fingerprint density at radius 1 is 1.09 bits per heavy atom. The lowest BCUT2D eigenvalue weighted by Gasteiger charge is -2.39. The molecule has 0 aromatic carbocycles. The van der Waals surface area contributed by atoms with Crippen LogP contribution in [0.15, 0.2) is 41.6 Å². The van der Waals surface area contributed by atoms with E-state index in [1.54, 1.807) is 17.7 Å². The van der Waals surface area contributed by atoms with Gasteiger partial charge in [-0.15, -0.1) is 11.8 Å². The lowest BCUT2D eigenvalue weighted by atomic mass is 9.95. The smallest absolute Gasteiger partial charge is 0.384 e. The Hall–Kier alpha value is -3.32. The van der Waals surface area contributed by atoms with Crippen LogP contribution in [0, 0.1) is 23.7 Å². The lowest BCUT2D eigenvalue weighted by molar-refractivity contribution is -0.240. The number of aliphatic hydroxyl groups is 1. The van der Waals surface area contributed by atoms with Crippen LogP contribution in [-0.2, 0) is 15.6 Å². The summed E-state index contributed by atoms with van der Waals surface area (Å²) in [5.41, 5.74) is 1.66. The van der Waals surface area contributed by atoms with E-state index < -0.39 is 33.4 Å². The average molecular weight is 494 g/mol. The fourth-order valence-corrected chi connectivity index (χ4v) is 4.88. The van der Waals surface area contributed by atoms with Crippen molar-refractivity contribution in [3.8, 4) is 23.7 Å². The van der Waals surface area contributed by atoms with Crippen molar-refractivity contribution in [1.82, 2.24) is 14.3 Å². The quantitative estimate of drug-likeness (QED) is 0.624. The van der Waals surface area contributed by atoms with E-state index >= 15 is 0 Å². The van der Waals surface area contributed by atoms with Gasteiger partial charge < -0.3 is 15.7 Å². The van der Waals surface area contributed by atoms with Gasteiger partial charge in [0.15, 0.2) is 0 Å². The molecule has 2 atom stereocenters. The Morgan fingerprint density at radius 2 is 1.82 bits per heavy atom. The first-order chi connectivity index (χ1) is 15.9. The summed E-state index contributed by atoms with van der Waals surface area (Å²) in [5, 5.41) is 10.1. The average Bonchev–Trinajstić information content (AvgIpc) is 2.79. The highest BCUT2D eigenvalue weighted by Gasteiger charge is 2.54. The zero-order valence-corrected chi connectivity index (χ0v) is 19.2. The summed E-state index contributed by atoms with van der Waals surface area (Å²) in [6, 6.07) is 4.57. The lowest BCUT2D eigenvalue weighted by Crippen LogP contribution is -2.54. The van der Waals surface area contributed by atoms with Crippen molar-refractivity contribution in [3.05, 3.63) is 42.2 Å².